The van der Waals surface area contributed by atoms with Crippen LogP contribution in [0.1, 0.15) is 24.6 Å². The quantitative estimate of drug-likeness (QED) is 0.606. The number of H-pyrrole nitrogens is 1. The number of nitrogens with two attached hydrogens (primary N) is 1. The molecule has 3 atom stereocenters. The molecule has 3 heterocycles. The molecule has 2 unspecified atom stereocenters. The lowest BCUT2D eigenvalue weighted by Crippen LogP contribution is -2.36. The number of rotatable bonds is 6. The lowest BCUT2D eigenvalue weighted by molar-refractivity contribution is -0.149. The van der Waals surface area contributed by atoms with Crippen molar-refractivity contribution < 1.29 is 14.3 Å². The average molecular weight is 383 g/mol. The van der Waals surface area contributed by atoms with Crippen LogP contribution in [0, 0.1) is 0 Å². The Bertz CT molecular complexity index is 1020. The van der Waals surface area contributed by atoms with E-state index in [4.69, 9.17) is 15.2 Å². The molecule has 9 heteroatoms. The van der Waals surface area contributed by atoms with E-state index in [-0.39, 0.29) is 30.0 Å². The van der Waals surface area contributed by atoms with Gasteiger partial charge in [-0.05, 0) is 24.8 Å². The maximum atomic E-state index is 12.2. The molecule has 4 rings (SSSR count). The van der Waals surface area contributed by atoms with Crippen molar-refractivity contribution in [2.45, 2.75) is 37.6 Å². The molecule has 0 aliphatic carbocycles. The van der Waals surface area contributed by atoms with Crippen LogP contribution >= 0.6 is 0 Å². The average Bonchev–Trinajstić information content (AvgIpc) is 3.34. The zero-order chi connectivity index (χ0) is 19.5. The van der Waals surface area contributed by atoms with E-state index >= 15 is 0 Å². The van der Waals surface area contributed by atoms with Crippen molar-refractivity contribution in [2.75, 3.05) is 6.61 Å². The maximum Gasteiger partial charge on any atom is 0.323 e. The fourth-order valence-corrected chi connectivity index (χ4v) is 3.32. The van der Waals surface area contributed by atoms with Gasteiger partial charge in [-0.2, -0.15) is 0 Å². The molecule has 28 heavy (non-hydrogen) atoms. The minimum absolute atomic E-state index is 0.137. The van der Waals surface area contributed by atoms with Crippen molar-refractivity contribution in [1.29, 1.82) is 0 Å². The van der Waals surface area contributed by atoms with Crippen LogP contribution in [-0.2, 0) is 20.7 Å². The Balaban J connectivity index is 1.31. The molecule has 0 saturated carbocycles. The Labute approximate surface area is 160 Å². The van der Waals surface area contributed by atoms with Crippen molar-refractivity contribution in [1.82, 2.24) is 19.5 Å². The highest BCUT2D eigenvalue weighted by Crippen LogP contribution is 2.30. The topological polar surface area (TPSA) is 125 Å². The first kappa shape index (κ1) is 18.3. The monoisotopic (exact) mass is 383 g/mol. The van der Waals surface area contributed by atoms with Gasteiger partial charge >= 0.3 is 5.97 Å². The summed E-state index contributed by atoms with van der Waals surface area (Å²) < 4.78 is 13.0. The Morgan fingerprint density at radius 3 is 2.96 bits per heavy atom. The van der Waals surface area contributed by atoms with Crippen molar-refractivity contribution in [3.05, 3.63) is 58.9 Å². The zero-order valence-electron chi connectivity index (χ0n) is 15.2. The molecular formula is C19H21N5O4. The van der Waals surface area contributed by atoms with Gasteiger partial charge in [0, 0.05) is 0 Å². The summed E-state index contributed by atoms with van der Waals surface area (Å²) in [6.45, 7) is 0.137. The summed E-state index contributed by atoms with van der Waals surface area (Å²) in [5, 5.41) is 0. The normalized spacial score (nSPS) is 20.3. The number of aromatic amines is 1. The number of imidazole rings is 1. The van der Waals surface area contributed by atoms with Crippen LogP contribution in [0.5, 0.6) is 0 Å². The summed E-state index contributed by atoms with van der Waals surface area (Å²) in [6, 6.07) is 8.85. The van der Waals surface area contributed by atoms with Gasteiger partial charge in [0.2, 0.25) is 0 Å². The van der Waals surface area contributed by atoms with E-state index in [2.05, 4.69) is 15.0 Å². The molecule has 1 aliphatic heterocycles. The lowest BCUT2D eigenvalue weighted by atomic mass is 10.1. The molecule has 3 N–H and O–H groups in total. The molecule has 0 bridgehead atoms. The van der Waals surface area contributed by atoms with Crippen LogP contribution in [0.25, 0.3) is 11.2 Å². The highest BCUT2D eigenvalue weighted by Gasteiger charge is 2.29. The van der Waals surface area contributed by atoms with Crippen LogP contribution in [-0.4, -0.2) is 44.2 Å². The van der Waals surface area contributed by atoms with E-state index in [1.165, 1.54) is 6.33 Å². The molecule has 0 amide bonds. The molecule has 1 saturated heterocycles. The SMILES string of the molecule is N[C@@H](Cc1ccccc1)C(=O)OCC1CCC(n2cnc3c(=O)[nH]cnc32)O1. The summed E-state index contributed by atoms with van der Waals surface area (Å²) in [6.07, 6.45) is 4.19. The molecule has 3 aromatic rings. The van der Waals surface area contributed by atoms with Gasteiger partial charge in [0.15, 0.2) is 11.2 Å². The summed E-state index contributed by atoms with van der Waals surface area (Å²) in [5.74, 6) is -0.447. The van der Waals surface area contributed by atoms with E-state index in [1.54, 1.807) is 10.9 Å². The van der Waals surface area contributed by atoms with Crippen LogP contribution in [0.2, 0.25) is 0 Å². The van der Waals surface area contributed by atoms with Crippen molar-refractivity contribution in [3.63, 3.8) is 0 Å². The summed E-state index contributed by atoms with van der Waals surface area (Å²) in [4.78, 5) is 34.7. The van der Waals surface area contributed by atoms with Crippen LogP contribution in [0.4, 0.5) is 0 Å². The molecule has 0 radical (unpaired) electrons. The smallest absolute Gasteiger partial charge is 0.323 e. The van der Waals surface area contributed by atoms with Crippen molar-refractivity contribution in [3.8, 4) is 0 Å². The van der Waals surface area contributed by atoms with Gasteiger partial charge < -0.3 is 20.2 Å². The van der Waals surface area contributed by atoms with Crippen LogP contribution < -0.4 is 11.3 Å². The fraction of sp³-hybridized carbons (Fsp3) is 0.368. The first-order chi connectivity index (χ1) is 13.6. The van der Waals surface area contributed by atoms with Crippen molar-refractivity contribution in [2.24, 2.45) is 5.73 Å². The largest absolute Gasteiger partial charge is 0.462 e. The number of aromatic nitrogens is 4. The van der Waals surface area contributed by atoms with Gasteiger partial charge in [-0.15, -0.1) is 0 Å². The second-order valence-corrected chi connectivity index (χ2v) is 6.77. The van der Waals surface area contributed by atoms with Gasteiger partial charge in [0.25, 0.3) is 5.56 Å². The highest BCUT2D eigenvalue weighted by atomic mass is 16.6. The Hall–Kier alpha value is -3.04. The summed E-state index contributed by atoms with van der Waals surface area (Å²) >= 11 is 0. The van der Waals surface area contributed by atoms with Gasteiger partial charge in [0.05, 0.1) is 18.8 Å². The number of carbonyl (C=O) groups is 1. The van der Waals surface area contributed by atoms with Gasteiger partial charge in [-0.1, -0.05) is 30.3 Å². The number of carbonyl (C=O) groups excluding carboxylic acids is 1. The Kier molecular flexibility index (Phi) is 5.18. The Morgan fingerprint density at radius 2 is 2.14 bits per heavy atom. The molecule has 9 nitrogen and oxygen atoms in total. The standard InChI is InChI=1S/C19H21N5O4/c20-14(8-12-4-2-1-3-5-12)19(26)27-9-13-6-7-15(28-13)24-11-23-16-17(24)21-10-22-18(16)25/h1-5,10-11,13-15H,6-9,20H2,(H,21,22,25)/t13?,14-,15?/m0/s1. The lowest BCUT2D eigenvalue weighted by Gasteiger charge is -2.16. The molecule has 2 aromatic heterocycles. The van der Waals surface area contributed by atoms with Gasteiger partial charge in [0.1, 0.15) is 18.9 Å². The fourth-order valence-electron chi connectivity index (χ4n) is 3.32. The third-order valence-electron chi connectivity index (χ3n) is 4.77. The zero-order valence-corrected chi connectivity index (χ0v) is 15.2. The minimum Gasteiger partial charge on any atom is -0.462 e. The number of nitrogens with zero attached hydrogens (tertiary/aromatic N) is 3. The molecule has 146 valence electrons. The van der Waals surface area contributed by atoms with Crippen LogP contribution in [0.3, 0.4) is 0 Å². The van der Waals surface area contributed by atoms with E-state index in [1.807, 2.05) is 30.3 Å². The molecular weight excluding hydrogens is 362 g/mol. The number of fused-ring (bicyclic) bond motifs is 1. The molecule has 1 fully saturated rings. The Morgan fingerprint density at radius 1 is 1.32 bits per heavy atom. The molecule has 1 aliphatic rings. The molecule has 1 aromatic carbocycles. The first-order valence-corrected chi connectivity index (χ1v) is 9.13. The second-order valence-electron chi connectivity index (χ2n) is 6.77. The minimum atomic E-state index is -0.715. The third-order valence-corrected chi connectivity index (χ3v) is 4.77. The van der Waals surface area contributed by atoms with E-state index in [9.17, 15) is 9.59 Å². The van der Waals surface area contributed by atoms with Crippen molar-refractivity contribution >= 4 is 17.1 Å². The number of ether oxygens (including phenoxy) is 2. The van der Waals surface area contributed by atoms with Gasteiger partial charge in [-0.25, -0.2) is 9.97 Å². The number of nitrogens with one attached hydrogen (secondary N) is 1. The molecule has 0 spiro atoms. The first-order valence-electron chi connectivity index (χ1n) is 9.13. The number of benzene rings is 1. The second kappa shape index (κ2) is 7.91. The van der Waals surface area contributed by atoms with Gasteiger partial charge in [-0.3, -0.25) is 14.2 Å². The van der Waals surface area contributed by atoms with E-state index < -0.39 is 12.0 Å². The van der Waals surface area contributed by atoms with E-state index in [0.717, 1.165) is 5.56 Å². The number of hydrogen-bond donors (Lipinski definition) is 2. The number of esters is 1. The predicted octanol–water partition coefficient (Wildman–Crippen LogP) is 0.910. The number of hydrogen-bond acceptors (Lipinski definition) is 7. The van der Waals surface area contributed by atoms with Crippen LogP contribution in [0.15, 0.2) is 47.8 Å². The van der Waals surface area contributed by atoms with E-state index in [0.29, 0.717) is 24.9 Å². The predicted molar refractivity (Wildman–Crippen MR) is 100 cm³/mol. The summed E-state index contributed by atoms with van der Waals surface area (Å²) in [5.41, 5.74) is 7.38. The third kappa shape index (κ3) is 3.80. The highest BCUT2D eigenvalue weighted by molar-refractivity contribution is 5.75. The maximum absolute atomic E-state index is 12.2. The summed E-state index contributed by atoms with van der Waals surface area (Å²) in [7, 11) is 0.